The summed E-state index contributed by atoms with van der Waals surface area (Å²) in [6.45, 7) is 4.83. The molecular formula is C19H24N4O2. The van der Waals surface area contributed by atoms with Crippen LogP contribution in [-0.2, 0) is 17.8 Å². The average molecular weight is 340 g/mol. The molecule has 1 aromatic carbocycles. The van der Waals surface area contributed by atoms with E-state index < -0.39 is 0 Å². The summed E-state index contributed by atoms with van der Waals surface area (Å²) in [7, 11) is 0. The van der Waals surface area contributed by atoms with Crippen LogP contribution in [0.25, 0.3) is 0 Å². The van der Waals surface area contributed by atoms with Gasteiger partial charge >= 0.3 is 0 Å². The zero-order chi connectivity index (χ0) is 17.8. The van der Waals surface area contributed by atoms with E-state index in [2.05, 4.69) is 20.2 Å². The van der Waals surface area contributed by atoms with Crippen LogP contribution in [0.15, 0.2) is 36.8 Å². The quantitative estimate of drug-likeness (QED) is 0.878. The highest BCUT2D eigenvalue weighted by Gasteiger charge is 2.24. The van der Waals surface area contributed by atoms with Gasteiger partial charge in [-0.3, -0.25) is 9.59 Å². The number of amides is 2. The van der Waals surface area contributed by atoms with Crippen molar-refractivity contribution in [1.29, 1.82) is 0 Å². The molecule has 2 amide bonds. The van der Waals surface area contributed by atoms with Gasteiger partial charge in [0.05, 0.1) is 6.33 Å². The number of anilines is 1. The normalized spacial score (nSPS) is 17.4. The van der Waals surface area contributed by atoms with Gasteiger partial charge in [0.2, 0.25) is 5.91 Å². The number of imidazole rings is 1. The highest BCUT2D eigenvalue weighted by Crippen LogP contribution is 2.21. The fourth-order valence-electron chi connectivity index (χ4n) is 2.95. The lowest BCUT2D eigenvalue weighted by molar-refractivity contribution is -0.120. The van der Waals surface area contributed by atoms with Gasteiger partial charge in [0.15, 0.2) is 0 Å². The van der Waals surface area contributed by atoms with Crippen molar-refractivity contribution >= 4 is 17.5 Å². The first-order valence-corrected chi connectivity index (χ1v) is 8.77. The van der Waals surface area contributed by atoms with Crippen LogP contribution < -0.4 is 10.6 Å². The van der Waals surface area contributed by atoms with Gasteiger partial charge in [-0.2, -0.15) is 0 Å². The second-order valence-electron chi connectivity index (χ2n) is 6.62. The van der Waals surface area contributed by atoms with E-state index in [0.717, 1.165) is 25.1 Å². The molecule has 2 unspecified atom stereocenters. The summed E-state index contributed by atoms with van der Waals surface area (Å²) in [6, 6.07) is 7.17. The molecule has 2 aromatic rings. The molecule has 0 aliphatic carbocycles. The lowest BCUT2D eigenvalue weighted by Gasteiger charge is -2.23. The third kappa shape index (κ3) is 4.07. The third-order valence-electron chi connectivity index (χ3n) is 4.75. The minimum atomic E-state index is -0.0900. The van der Waals surface area contributed by atoms with Crippen molar-refractivity contribution in [3.8, 4) is 0 Å². The summed E-state index contributed by atoms with van der Waals surface area (Å²) in [5.74, 6) is -0.116. The maximum absolute atomic E-state index is 12.5. The van der Waals surface area contributed by atoms with Gasteiger partial charge in [-0.05, 0) is 44.0 Å². The van der Waals surface area contributed by atoms with E-state index in [1.807, 2.05) is 26.4 Å². The molecule has 0 saturated carbocycles. The summed E-state index contributed by atoms with van der Waals surface area (Å²) < 4.78 is 2.09. The molecule has 1 aliphatic heterocycles. The predicted octanol–water partition coefficient (Wildman–Crippen LogP) is 2.61. The van der Waals surface area contributed by atoms with Gasteiger partial charge in [-0.1, -0.05) is 6.92 Å². The van der Waals surface area contributed by atoms with Crippen LogP contribution in [0.2, 0.25) is 0 Å². The maximum atomic E-state index is 12.5. The van der Waals surface area contributed by atoms with E-state index in [-0.39, 0.29) is 23.8 Å². The minimum Gasteiger partial charge on any atom is -0.350 e. The molecule has 1 aromatic heterocycles. The monoisotopic (exact) mass is 340 g/mol. The molecule has 6 heteroatoms. The van der Waals surface area contributed by atoms with Gasteiger partial charge in [0.1, 0.15) is 0 Å². The molecule has 6 nitrogen and oxygen atoms in total. The van der Waals surface area contributed by atoms with Gasteiger partial charge in [-0.25, -0.2) is 4.98 Å². The standard InChI is InChI=1S/C19H24N4O2/c1-3-13(2)21-18(24)14-4-6-16(7-5-14)22-19(25)15-8-9-23-12-20-11-17(23)10-15/h4-7,11-13,15H,3,8-10H2,1-2H3,(H,21,24)(H,22,25). The number of nitrogens with one attached hydrogen (secondary N) is 2. The predicted molar refractivity (Wildman–Crippen MR) is 96.3 cm³/mol. The molecule has 3 rings (SSSR count). The van der Waals surface area contributed by atoms with Crippen molar-refractivity contribution in [1.82, 2.24) is 14.9 Å². The number of aromatic nitrogens is 2. The molecule has 2 heterocycles. The van der Waals surface area contributed by atoms with Crippen molar-refractivity contribution < 1.29 is 9.59 Å². The van der Waals surface area contributed by atoms with Crippen molar-refractivity contribution in [3.63, 3.8) is 0 Å². The number of hydrogen-bond acceptors (Lipinski definition) is 3. The van der Waals surface area contributed by atoms with Crippen molar-refractivity contribution in [3.05, 3.63) is 48.0 Å². The van der Waals surface area contributed by atoms with Crippen LogP contribution in [0.5, 0.6) is 0 Å². The number of nitrogens with zero attached hydrogens (tertiary/aromatic N) is 2. The third-order valence-corrected chi connectivity index (χ3v) is 4.75. The Morgan fingerprint density at radius 3 is 2.80 bits per heavy atom. The fourth-order valence-corrected chi connectivity index (χ4v) is 2.95. The van der Waals surface area contributed by atoms with E-state index >= 15 is 0 Å². The summed E-state index contributed by atoms with van der Waals surface area (Å²) in [5.41, 5.74) is 2.41. The molecule has 0 bridgehead atoms. The molecule has 0 fully saturated rings. The van der Waals surface area contributed by atoms with Gasteiger partial charge in [0.25, 0.3) is 5.91 Å². The van der Waals surface area contributed by atoms with Gasteiger partial charge in [0, 0.05) is 48.1 Å². The Bertz CT molecular complexity index is 751. The van der Waals surface area contributed by atoms with E-state index in [9.17, 15) is 9.59 Å². The highest BCUT2D eigenvalue weighted by atomic mass is 16.2. The Balaban J connectivity index is 1.58. The number of fused-ring (bicyclic) bond motifs is 1. The molecule has 0 saturated heterocycles. The molecule has 1 aliphatic rings. The van der Waals surface area contributed by atoms with E-state index in [1.54, 1.807) is 24.3 Å². The summed E-state index contributed by atoms with van der Waals surface area (Å²) in [5, 5.41) is 5.88. The number of carbonyl (C=O) groups excluding carboxylic acids is 2. The second kappa shape index (κ2) is 7.51. The minimum absolute atomic E-state index is 0.0178. The first-order chi connectivity index (χ1) is 12.1. The number of aryl methyl sites for hydroxylation is 1. The molecule has 2 N–H and O–H groups in total. The molecule has 25 heavy (non-hydrogen) atoms. The van der Waals surface area contributed by atoms with Crippen LogP contribution in [0.4, 0.5) is 5.69 Å². The van der Waals surface area contributed by atoms with E-state index in [0.29, 0.717) is 17.7 Å². The zero-order valence-corrected chi connectivity index (χ0v) is 14.7. The summed E-state index contributed by atoms with van der Waals surface area (Å²) >= 11 is 0. The Morgan fingerprint density at radius 1 is 1.32 bits per heavy atom. The number of hydrogen-bond donors (Lipinski definition) is 2. The second-order valence-corrected chi connectivity index (χ2v) is 6.62. The average Bonchev–Trinajstić information content (AvgIpc) is 3.09. The van der Waals surface area contributed by atoms with Crippen LogP contribution >= 0.6 is 0 Å². The van der Waals surface area contributed by atoms with Crippen LogP contribution in [0, 0.1) is 5.92 Å². The Labute approximate surface area is 147 Å². The maximum Gasteiger partial charge on any atom is 0.251 e. The largest absolute Gasteiger partial charge is 0.350 e. The van der Waals surface area contributed by atoms with E-state index in [1.165, 1.54) is 0 Å². The topological polar surface area (TPSA) is 76.0 Å². The number of rotatable bonds is 5. The zero-order valence-electron chi connectivity index (χ0n) is 14.7. The fraction of sp³-hybridized carbons (Fsp3) is 0.421. The van der Waals surface area contributed by atoms with Crippen LogP contribution in [-0.4, -0.2) is 27.4 Å². The molecule has 0 radical (unpaired) electrons. The molecular weight excluding hydrogens is 316 g/mol. The Kier molecular flexibility index (Phi) is 5.16. The van der Waals surface area contributed by atoms with Crippen LogP contribution in [0.3, 0.4) is 0 Å². The number of carbonyl (C=O) groups is 2. The van der Waals surface area contributed by atoms with Gasteiger partial charge in [-0.15, -0.1) is 0 Å². The van der Waals surface area contributed by atoms with Crippen molar-refractivity contribution in [2.45, 2.75) is 45.7 Å². The molecule has 2 atom stereocenters. The smallest absolute Gasteiger partial charge is 0.251 e. The van der Waals surface area contributed by atoms with Crippen molar-refractivity contribution in [2.75, 3.05) is 5.32 Å². The highest BCUT2D eigenvalue weighted by molar-refractivity contribution is 5.96. The first-order valence-electron chi connectivity index (χ1n) is 8.77. The van der Waals surface area contributed by atoms with E-state index in [4.69, 9.17) is 0 Å². The lowest BCUT2D eigenvalue weighted by atomic mass is 9.95. The summed E-state index contributed by atoms with van der Waals surface area (Å²) in [4.78, 5) is 28.7. The van der Waals surface area contributed by atoms with Gasteiger partial charge < -0.3 is 15.2 Å². The first kappa shape index (κ1) is 17.2. The van der Waals surface area contributed by atoms with Crippen molar-refractivity contribution in [2.24, 2.45) is 5.92 Å². The SMILES string of the molecule is CCC(C)NC(=O)c1ccc(NC(=O)C2CCn3cncc3C2)cc1. The molecule has 0 spiro atoms. The summed E-state index contributed by atoms with van der Waals surface area (Å²) in [6.07, 6.45) is 6.04. The Hall–Kier alpha value is -2.63. The molecule has 132 valence electrons. The lowest BCUT2D eigenvalue weighted by Crippen LogP contribution is -2.32. The Morgan fingerprint density at radius 2 is 2.08 bits per heavy atom. The van der Waals surface area contributed by atoms with Crippen LogP contribution in [0.1, 0.15) is 42.7 Å². The number of benzene rings is 1.